The van der Waals surface area contributed by atoms with E-state index in [9.17, 15) is 4.79 Å². The SMILES string of the molecule is CCN1CCN(CCc2c[nH]c3cc(OC)ccc23)C(=O)C1. The number of nitrogens with zero attached hydrogens (tertiary/aromatic N) is 2. The molecule has 0 aliphatic carbocycles. The van der Waals surface area contributed by atoms with Gasteiger partial charge < -0.3 is 14.6 Å². The zero-order valence-corrected chi connectivity index (χ0v) is 13.3. The van der Waals surface area contributed by atoms with Crippen LogP contribution in [0.4, 0.5) is 0 Å². The van der Waals surface area contributed by atoms with Crippen LogP contribution in [0.2, 0.25) is 0 Å². The number of fused-ring (bicyclic) bond motifs is 1. The molecule has 3 rings (SSSR count). The van der Waals surface area contributed by atoms with Crippen molar-refractivity contribution in [3.63, 3.8) is 0 Å². The highest BCUT2D eigenvalue weighted by molar-refractivity contribution is 5.84. The standard InChI is InChI=1S/C17H23N3O2/c1-3-19-8-9-20(17(21)12-19)7-6-13-11-18-16-10-14(22-2)4-5-15(13)16/h4-5,10-11,18H,3,6-9,12H2,1-2H3. The van der Waals surface area contributed by atoms with E-state index in [1.807, 2.05) is 23.2 Å². The predicted octanol–water partition coefficient (Wildman–Crippen LogP) is 1.88. The highest BCUT2D eigenvalue weighted by Crippen LogP contribution is 2.23. The lowest BCUT2D eigenvalue weighted by Crippen LogP contribution is -2.50. The number of piperazine rings is 1. The van der Waals surface area contributed by atoms with E-state index >= 15 is 0 Å². The Morgan fingerprint density at radius 3 is 2.91 bits per heavy atom. The highest BCUT2D eigenvalue weighted by Gasteiger charge is 2.22. The highest BCUT2D eigenvalue weighted by atomic mass is 16.5. The number of H-pyrrole nitrogens is 1. The van der Waals surface area contributed by atoms with Crippen LogP contribution in [-0.4, -0.2) is 60.5 Å². The van der Waals surface area contributed by atoms with Gasteiger partial charge in [-0.3, -0.25) is 9.69 Å². The third kappa shape index (κ3) is 2.95. The number of rotatable bonds is 5. The van der Waals surface area contributed by atoms with Gasteiger partial charge in [-0.25, -0.2) is 0 Å². The predicted molar refractivity (Wildman–Crippen MR) is 87.2 cm³/mol. The first-order chi connectivity index (χ1) is 10.7. The van der Waals surface area contributed by atoms with Crippen molar-refractivity contribution in [3.05, 3.63) is 30.0 Å². The van der Waals surface area contributed by atoms with E-state index in [4.69, 9.17) is 4.74 Å². The molecule has 1 aromatic heterocycles. The molecule has 0 spiro atoms. The minimum atomic E-state index is 0.245. The Morgan fingerprint density at radius 1 is 1.32 bits per heavy atom. The van der Waals surface area contributed by atoms with Crippen molar-refractivity contribution in [2.24, 2.45) is 0 Å². The van der Waals surface area contributed by atoms with Gasteiger partial charge in [0.25, 0.3) is 0 Å². The maximum Gasteiger partial charge on any atom is 0.236 e. The molecule has 0 atom stereocenters. The molecule has 0 bridgehead atoms. The van der Waals surface area contributed by atoms with Crippen LogP contribution in [0.25, 0.3) is 10.9 Å². The van der Waals surface area contributed by atoms with E-state index in [-0.39, 0.29) is 5.91 Å². The molecule has 118 valence electrons. The van der Waals surface area contributed by atoms with Gasteiger partial charge in [0.2, 0.25) is 5.91 Å². The van der Waals surface area contributed by atoms with Crippen molar-refractivity contribution < 1.29 is 9.53 Å². The second-order valence-electron chi connectivity index (χ2n) is 5.72. The summed E-state index contributed by atoms with van der Waals surface area (Å²) in [6.45, 7) is 6.21. The first-order valence-electron chi connectivity index (χ1n) is 7.85. The normalized spacial score (nSPS) is 16.5. The maximum atomic E-state index is 12.1. The molecular weight excluding hydrogens is 278 g/mol. The number of benzene rings is 1. The monoisotopic (exact) mass is 301 g/mol. The summed E-state index contributed by atoms with van der Waals surface area (Å²) in [7, 11) is 1.67. The fourth-order valence-electron chi connectivity index (χ4n) is 3.02. The summed E-state index contributed by atoms with van der Waals surface area (Å²) >= 11 is 0. The Hall–Kier alpha value is -2.01. The third-order valence-corrected chi connectivity index (χ3v) is 4.47. The lowest BCUT2D eigenvalue weighted by atomic mass is 10.1. The Morgan fingerprint density at radius 2 is 2.18 bits per heavy atom. The van der Waals surface area contributed by atoms with Crippen molar-refractivity contribution in [1.82, 2.24) is 14.8 Å². The Labute approximate surface area is 130 Å². The van der Waals surface area contributed by atoms with Crippen molar-refractivity contribution >= 4 is 16.8 Å². The molecule has 0 saturated carbocycles. The average molecular weight is 301 g/mol. The van der Waals surface area contributed by atoms with Crippen molar-refractivity contribution in [3.8, 4) is 5.75 Å². The second kappa shape index (κ2) is 6.40. The minimum Gasteiger partial charge on any atom is -0.497 e. The van der Waals surface area contributed by atoms with E-state index < -0.39 is 0 Å². The number of carbonyl (C=O) groups excluding carboxylic acids is 1. The summed E-state index contributed by atoms with van der Waals surface area (Å²) in [5.74, 6) is 1.10. The zero-order chi connectivity index (χ0) is 15.5. The van der Waals surface area contributed by atoms with Gasteiger partial charge in [0.05, 0.1) is 13.7 Å². The second-order valence-corrected chi connectivity index (χ2v) is 5.72. The Kier molecular flexibility index (Phi) is 4.34. The van der Waals surface area contributed by atoms with Crippen LogP contribution >= 0.6 is 0 Å². The van der Waals surface area contributed by atoms with Gasteiger partial charge in [0, 0.05) is 42.8 Å². The number of amides is 1. The molecule has 0 radical (unpaired) electrons. The largest absolute Gasteiger partial charge is 0.497 e. The fourth-order valence-corrected chi connectivity index (χ4v) is 3.02. The van der Waals surface area contributed by atoms with E-state index in [1.54, 1.807) is 7.11 Å². The Balaban J connectivity index is 1.66. The molecule has 2 heterocycles. The van der Waals surface area contributed by atoms with Crippen molar-refractivity contribution in [1.29, 1.82) is 0 Å². The first kappa shape index (κ1) is 14.9. The summed E-state index contributed by atoms with van der Waals surface area (Å²) in [6, 6.07) is 6.06. The molecule has 1 fully saturated rings. The van der Waals surface area contributed by atoms with E-state index in [1.165, 1.54) is 10.9 Å². The number of hydrogen-bond donors (Lipinski definition) is 1. The number of aromatic amines is 1. The zero-order valence-electron chi connectivity index (χ0n) is 13.3. The number of ether oxygens (including phenoxy) is 1. The summed E-state index contributed by atoms with van der Waals surface area (Å²) < 4.78 is 5.24. The van der Waals surface area contributed by atoms with Gasteiger partial charge in [0.15, 0.2) is 0 Å². The lowest BCUT2D eigenvalue weighted by molar-refractivity contribution is -0.135. The molecule has 1 amide bonds. The number of methoxy groups -OCH3 is 1. The molecule has 5 heteroatoms. The molecule has 0 unspecified atom stereocenters. The molecule has 2 aromatic rings. The number of nitrogens with one attached hydrogen (secondary N) is 1. The average Bonchev–Trinajstić information content (AvgIpc) is 2.95. The Bertz CT molecular complexity index is 665. The number of carbonyl (C=O) groups is 1. The van der Waals surface area contributed by atoms with Gasteiger partial charge in [-0.2, -0.15) is 0 Å². The summed E-state index contributed by atoms with van der Waals surface area (Å²) in [5, 5.41) is 1.21. The molecule has 1 aromatic carbocycles. The van der Waals surface area contributed by atoms with Crippen LogP contribution in [0.15, 0.2) is 24.4 Å². The topological polar surface area (TPSA) is 48.6 Å². The molecule has 1 aliphatic rings. The number of likely N-dealkylation sites (N-methyl/N-ethyl adjacent to an activating group) is 1. The van der Waals surface area contributed by atoms with Gasteiger partial charge in [-0.1, -0.05) is 6.92 Å². The molecule has 1 aliphatic heterocycles. The summed E-state index contributed by atoms with van der Waals surface area (Å²) in [6.07, 6.45) is 2.92. The van der Waals surface area contributed by atoms with Gasteiger partial charge in [-0.15, -0.1) is 0 Å². The van der Waals surface area contributed by atoms with E-state index in [0.717, 1.165) is 43.9 Å². The molecule has 1 saturated heterocycles. The van der Waals surface area contributed by atoms with Crippen LogP contribution in [0.1, 0.15) is 12.5 Å². The third-order valence-electron chi connectivity index (χ3n) is 4.47. The first-order valence-corrected chi connectivity index (χ1v) is 7.85. The van der Waals surface area contributed by atoms with Crippen LogP contribution in [0.3, 0.4) is 0 Å². The van der Waals surface area contributed by atoms with Gasteiger partial charge >= 0.3 is 0 Å². The van der Waals surface area contributed by atoms with Crippen LogP contribution in [0, 0.1) is 0 Å². The van der Waals surface area contributed by atoms with Crippen LogP contribution in [0.5, 0.6) is 5.75 Å². The fraction of sp³-hybridized carbons (Fsp3) is 0.471. The lowest BCUT2D eigenvalue weighted by Gasteiger charge is -2.33. The van der Waals surface area contributed by atoms with Gasteiger partial charge in [-0.05, 0) is 30.7 Å². The summed E-state index contributed by atoms with van der Waals surface area (Å²) in [4.78, 5) is 19.6. The van der Waals surface area contributed by atoms with Gasteiger partial charge in [0.1, 0.15) is 5.75 Å². The molecule has 5 nitrogen and oxygen atoms in total. The smallest absolute Gasteiger partial charge is 0.236 e. The molecule has 1 N–H and O–H groups in total. The van der Waals surface area contributed by atoms with Crippen LogP contribution < -0.4 is 4.74 Å². The quantitative estimate of drug-likeness (QED) is 0.917. The molecular formula is C17H23N3O2. The van der Waals surface area contributed by atoms with E-state index in [2.05, 4.69) is 22.9 Å². The van der Waals surface area contributed by atoms with Crippen LogP contribution in [-0.2, 0) is 11.2 Å². The number of aromatic nitrogens is 1. The molecule has 22 heavy (non-hydrogen) atoms. The summed E-state index contributed by atoms with van der Waals surface area (Å²) in [5.41, 5.74) is 2.33. The van der Waals surface area contributed by atoms with E-state index in [0.29, 0.717) is 6.54 Å². The van der Waals surface area contributed by atoms with Crippen molar-refractivity contribution in [2.75, 3.05) is 39.8 Å². The number of hydrogen-bond acceptors (Lipinski definition) is 3. The maximum absolute atomic E-state index is 12.1. The van der Waals surface area contributed by atoms with Crippen molar-refractivity contribution in [2.45, 2.75) is 13.3 Å². The minimum absolute atomic E-state index is 0.245.